The highest BCUT2D eigenvalue weighted by atomic mass is 16.2. The van der Waals surface area contributed by atoms with Gasteiger partial charge in [0.1, 0.15) is 0 Å². The van der Waals surface area contributed by atoms with Gasteiger partial charge >= 0.3 is 6.03 Å². The molecule has 0 bridgehead atoms. The summed E-state index contributed by atoms with van der Waals surface area (Å²) in [7, 11) is 0. The minimum absolute atomic E-state index is 0.164. The van der Waals surface area contributed by atoms with Gasteiger partial charge in [0.05, 0.1) is 0 Å². The van der Waals surface area contributed by atoms with E-state index in [0.29, 0.717) is 6.54 Å². The standard InChI is InChI=1S/C7H15N2O/c1-5-8-6(10)9-7(2,3)4/h1,5H2,2-4H3,(H2,8,9,10). The zero-order valence-electron chi connectivity index (χ0n) is 6.82. The SMILES string of the molecule is [CH2]CNC(=O)NC(C)(C)C. The molecule has 2 N–H and O–H groups in total. The van der Waals surface area contributed by atoms with Crippen molar-refractivity contribution in [1.29, 1.82) is 0 Å². The van der Waals surface area contributed by atoms with Crippen molar-refractivity contribution in [2.45, 2.75) is 26.3 Å². The number of carbonyl (C=O) groups excluding carboxylic acids is 1. The van der Waals surface area contributed by atoms with Crippen LogP contribution in [0.15, 0.2) is 0 Å². The van der Waals surface area contributed by atoms with Gasteiger partial charge in [0.15, 0.2) is 0 Å². The molecule has 2 amide bonds. The molecule has 0 fully saturated rings. The first-order chi connectivity index (χ1) is 4.45. The summed E-state index contributed by atoms with van der Waals surface area (Å²) in [5, 5.41) is 5.27. The van der Waals surface area contributed by atoms with Crippen molar-refractivity contribution in [3.63, 3.8) is 0 Å². The van der Waals surface area contributed by atoms with E-state index >= 15 is 0 Å². The summed E-state index contributed by atoms with van der Waals surface area (Å²) in [6.45, 7) is 9.68. The van der Waals surface area contributed by atoms with Gasteiger partial charge in [-0.2, -0.15) is 0 Å². The van der Waals surface area contributed by atoms with Gasteiger partial charge in [0.25, 0.3) is 0 Å². The van der Waals surface area contributed by atoms with Crippen molar-refractivity contribution < 1.29 is 4.79 Å². The number of carbonyl (C=O) groups is 1. The highest BCUT2D eigenvalue weighted by Crippen LogP contribution is 1.96. The fourth-order valence-corrected chi connectivity index (χ4v) is 0.498. The molecule has 0 spiro atoms. The fourth-order valence-electron chi connectivity index (χ4n) is 0.498. The monoisotopic (exact) mass is 143 g/mol. The van der Waals surface area contributed by atoms with E-state index in [0.717, 1.165) is 0 Å². The van der Waals surface area contributed by atoms with E-state index in [4.69, 9.17) is 0 Å². The van der Waals surface area contributed by atoms with E-state index in [9.17, 15) is 4.79 Å². The molecule has 0 heterocycles. The molecular weight excluding hydrogens is 128 g/mol. The number of hydrogen-bond donors (Lipinski definition) is 2. The van der Waals surface area contributed by atoms with Crippen molar-refractivity contribution in [2.24, 2.45) is 0 Å². The summed E-state index contributed by atoms with van der Waals surface area (Å²) < 4.78 is 0. The molecule has 0 aromatic heterocycles. The summed E-state index contributed by atoms with van der Waals surface area (Å²) >= 11 is 0. The largest absolute Gasteiger partial charge is 0.338 e. The van der Waals surface area contributed by atoms with Gasteiger partial charge in [-0.25, -0.2) is 4.79 Å². The predicted octanol–water partition coefficient (Wildman–Crippen LogP) is 0.918. The highest BCUT2D eigenvalue weighted by molar-refractivity contribution is 5.74. The van der Waals surface area contributed by atoms with Gasteiger partial charge < -0.3 is 10.6 Å². The van der Waals surface area contributed by atoms with Crippen LogP contribution in [-0.2, 0) is 0 Å². The summed E-state index contributed by atoms with van der Waals surface area (Å²) in [4.78, 5) is 10.8. The summed E-state index contributed by atoms with van der Waals surface area (Å²) in [5.74, 6) is 0. The Hall–Kier alpha value is -0.730. The molecule has 0 aromatic rings. The summed E-state index contributed by atoms with van der Waals surface area (Å²) in [6, 6.07) is -0.164. The van der Waals surface area contributed by atoms with E-state index < -0.39 is 0 Å². The molecular formula is C7H15N2O. The lowest BCUT2D eigenvalue weighted by atomic mass is 10.1. The molecule has 0 rings (SSSR count). The molecule has 0 unspecified atom stereocenters. The Kier molecular flexibility index (Phi) is 3.19. The molecule has 0 atom stereocenters. The van der Waals surface area contributed by atoms with Gasteiger partial charge in [0, 0.05) is 12.1 Å². The van der Waals surface area contributed by atoms with Crippen LogP contribution in [0.2, 0.25) is 0 Å². The summed E-state index contributed by atoms with van der Waals surface area (Å²) in [6.07, 6.45) is 0. The van der Waals surface area contributed by atoms with E-state index in [-0.39, 0.29) is 11.6 Å². The molecule has 10 heavy (non-hydrogen) atoms. The molecule has 0 aliphatic rings. The first-order valence-corrected chi connectivity index (χ1v) is 3.31. The van der Waals surface area contributed by atoms with Crippen molar-refractivity contribution in [1.82, 2.24) is 10.6 Å². The van der Waals surface area contributed by atoms with Crippen molar-refractivity contribution in [2.75, 3.05) is 6.54 Å². The molecule has 3 nitrogen and oxygen atoms in total. The Balaban J connectivity index is 3.58. The van der Waals surface area contributed by atoms with E-state index in [2.05, 4.69) is 17.6 Å². The zero-order chi connectivity index (χ0) is 8.20. The minimum atomic E-state index is -0.167. The molecule has 0 aliphatic heterocycles. The van der Waals surface area contributed by atoms with Gasteiger partial charge in [0.2, 0.25) is 0 Å². The highest BCUT2D eigenvalue weighted by Gasteiger charge is 2.11. The molecule has 0 saturated heterocycles. The lowest BCUT2D eigenvalue weighted by Gasteiger charge is -2.20. The average molecular weight is 143 g/mol. The van der Waals surface area contributed by atoms with Crippen molar-refractivity contribution >= 4 is 6.03 Å². The van der Waals surface area contributed by atoms with Crippen molar-refractivity contribution in [3.8, 4) is 0 Å². The molecule has 0 saturated carbocycles. The van der Waals surface area contributed by atoms with Crippen LogP contribution in [0.5, 0.6) is 0 Å². The first kappa shape index (κ1) is 9.27. The molecule has 3 heteroatoms. The van der Waals surface area contributed by atoms with Crippen LogP contribution in [-0.4, -0.2) is 18.1 Å². The Morgan fingerprint density at radius 3 is 2.30 bits per heavy atom. The van der Waals surface area contributed by atoms with Crippen LogP contribution in [0.4, 0.5) is 4.79 Å². The van der Waals surface area contributed by atoms with Crippen LogP contribution in [0.1, 0.15) is 20.8 Å². The second kappa shape index (κ2) is 3.44. The van der Waals surface area contributed by atoms with Crippen LogP contribution >= 0.6 is 0 Å². The average Bonchev–Trinajstić information content (AvgIpc) is 1.59. The smallest absolute Gasteiger partial charge is 0.315 e. The molecule has 59 valence electrons. The minimum Gasteiger partial charge on any atom is -0.338 e. The number of nitrogens with one attached hydrogen (secondary N) is 2. The molecule has 0 aromatic carbocycles. The Morgan fingerprint density at radius 1 is 1.50 bits per heavy atom. The number of rotatable bonds is 1. The van der Waals surface area contributed by atoms with Crippen LogP contribution in [0.3, 0.4) is 0 Å². The zero-order valence-corrected chi connectivity index (χ0v) is 6.82. The topological polar surface area (TPSA) is 41.1 Å². The first-order valence-electron chi connectivity index (χ1n) is 3.31. The molecule has 1 radical (unpaired) electrons. The van der Waals surface area contributed by atoms with Crippen LogP contribution in [0.25, 0.3) is 0 Å². The quantitative estimate of drug-likeness (QED) is 0.563. The van der Waals surface area contributed by atoms with Crippen LogP contribution < -0.4 is 10.6 Å². The number of urea groups is 1. The fraction of sp³-hybridized carbons (Fsp3) is 0.714. The Bertz CT molecular complexity index is 115. The Labute approximate surface area is 62.2 Å². The predicted molar refractivity (Wildman–Crippen MR) is 41.6 cm³/mol. The van der Waals surface area contributed by atoms with Crippen molar-refractivity contribution in [3.05, 3.63) is 6.92 Å². The van der Waals surface area contributed by atoms with E-state index in [1.165, 1.54) is 0 Å². The maximum absolute atomic E-state index is 10.8. The van der Waals surface area contributed by atoms with Crippen LogP contribution in [0, 0.1) is 6.92 Å². The van der Waals surface area contributed by atoms with Gasteiger partial charge in [-0.15, -0.1) is 0 Å². The van der Waals surface area contributed by atoms with Gasteiger partial charge in [-0.3, -0.25) is 0 Å². The normalized spacial score (nSPS) is 10.8. The second-order valence-electron chi connectivity index (χ2n) is 3.13. The maximum atomic E-state index is 10.8. The lowest BCUT2D eigenvalue weighted by molar-refractivity contribution is 0.233. The maximum Gasteiger partial charge on any atom is 0.315 e. The number of amides is 2. The third kappa shape index (κ3) is 5.41. The third-order valence-corrected chi connectivity index (χ3v) is 0.774. The molecule has 0 aliphatic carbocycles. The Morgan fingerprint density at radius 2 is 2.00 bits per heavy atom. The van der Waals surface area contributed by atoms with Gasteiger partial charge in [-0.05, 0) is 27.7 Å². The van der Waals surface area contributed by atoms with E-state index in [1.807, 2.05) is 20.8 Å². The lowest BCUT2D eigenvalue weighted by Crippen LogP contribution is -2.46. The van der Waals surface area contributed by atoms with E-state index in [1.54, 1.807) is 0 Å². The second-order valence-corrected chi connectivity index (χ2v) is 3.13. The summed E-state index contributed by atoms with van der Waals surface area (Å²) in [5.41, 5.74) is -0.167. The number of hydrogen-bond acceptors (Lipinski definition) is 1. The third-order valence-electron chi connectivity index (χ3n) is 0.774. The van der Waals surface area contributed by atoms with Gasteiger partial charge in [-0.1, -0.05) is 0 Å².